The van der Waals surface area contributed by atoms with Gasteiger partial charge in [-0.2, -0.15) is 0 Å². The van der Waals surface area contributed by atoms with E-state index in [0.717, 1.165) is 44.2 Å². The molecular formula is C12H20O2. The predicted octanol–water partition coefficient (Wildman–Crippen LogP) is 2.61. The minimum Gasteiger partial charge on any atom is -0.303 e. The van der Waals surface area contributed by atoms with Crippen molar-refractivity contribution in [3.8, 4) is 0 Å². The second-order valence-corrected chi connectivity index (χ2v) is 4.61. The molecule has 80 valence electrons. The van der Waals surface area contributed by atoms with Crippen LogP contribution in [0, 0.1) is 17.8 Å². The van der Waals surface area contributed by atoms with Gasteiger partial charge in [-0.05, 0) is 44.4 Å². The highest BCUT2D eigenvalue weighted by molar-refractivity contribution is 5.53. The zero-order chi connectivity index (χ0) is 10.4. The first kappa shape index (κ1) is 11.4. The molecule has 1 aliphatic rings. The van der Waals surface area contributed by atoms with Crippen molar-refractivity contribution >= 4 is 12.6 Å². The highest BCUT2D eigenvalue weighted by Crippen LogP contribution is 2.31. The third kappa shape index (κ3) is 3.60. The lowest BCUT2D eigenvalue weighted by atomic mass is 9.80. The van der Waals surface area contributed by atoms with Gasteiger partial charge < -0.3 is 9.59 Å². The standard InChI is InChI=1S/C12H20O2/c1-10(8-13)2-3-11-4-6-12(9-14)7-5-11/h8-12H,2-7H2,1H3. The van der Waals surface area contributed by atoms with Gasteiger partial charge in [0.25, 0.3) is 0 Å². The average molecular weight is 196 g/mol. The first-order chi connectivity index (χ1) is 6.76. The van der Waals surface area contributed by atoms with Crippen LogP contribution in [0.4, 0.5) is 0 Å². The molecule has 0 aromatic heterocycles. The second kappa shape index (κ2) is 5.94. The van der Waals surface area contributed by atoms with Crippen molar-refractivity contribution in [1.82, 2.24) is 0 Å². The highest BCUT2D eigenvalue weighted by atomic mass is 16.1. The number of hydrogen-bond donors (Lipinski definition) is 0. The Morgan fingerprint density at radius 1 is 1.21 bits per heavy atom. The zero-order valence-corrected chi connectivity index (χ0v) is 8.95. The minimum absolute atomic E-state index is 0.207. The summed E-state index contributed by atoms with van der Waals surface area (Å²) in [5.41, 5.74) is 0. The van der Waals surface area contributed by atoms with Crippen LogP contribution >= 0.6 is 0 Å². The fraction of sp³-hybridized carbons (Fsp3) is 0.833. The molecule has 0 amide bonds. The Hall–Kier alpha value is -0.660. The molecule has 2 nitrogen and oxygen atoms in total. The van der Waals surface area contributed by atoms with Crippen molar-refractivity contribution in [3.63, 3.8) is 0 Å². The van der Waals surface area contributed by atoms with Crippen molar-refractivity contribution in [1.29, 1.82) is 0 Å². The summed E-state index contributed by atoms with van der Waals surface area (Å²) in [4.78, 5) is 21.0. The molecule has 0 aromatic carbocycles. The molecule has 1 fully saturated rings. The van der Waals surface area contributed by atoms with Crippen molar-refractivity contribution < 1.29 is 9.59 Å². The quantitative estimate of drug-likeness (QED) is 0.633. The van der Waals surface area contributed by atoms with Gasteiger partial charge in [0, 0.05) is 11.8 Å². The summed E-state index contributed by atoms with van der Waals surface area (Å²) in [6, 6.07) is 0. The largest absolute Gasteiger partial charge is 0.303 e. The van der Waals surface area contributed by atoms with Gasteiger partial charge in [0.2, 0.25) is 0 Å². The highest BCUT2D eigenvalue weighted by Gasteiger charge is 2.20. The van der Waals surface area contributed by atoms with E-state index in [1.54, 1.807) is 0 Å². The lowest BCUT2D eigenvalue weighted by molar-refractivity contribution is -0.112. The Morgan fingerprint density at radius 3 is 2.36 bits per heavy atom. The maximum absolute atomic E-state index is 10.5. The van der Waals surface area contributed by atoms with Gasteiger partial charge in [0.1, 0.15) is 12.6 Å². The van der Waals surface area contributed by atoms with Crippen molar-refractivity contribution in [2.24, 2.45) is 17.8 Å². The molecule has 0 spiro atoms. The smallest absolute Gasteiger partial charge is 0.123 e. The first-order valence-electron chi connectivity index (χ1n) is 5.66. The molecule has 0 aromatic rings. The molecule has 2 heteroatoms. The Labute approximate surface area is 86.1 Å². The van der Waals surface area contributed by atoms with E-state index in [-0.39, 0.29) is 5.92 Å². The molecule has 1 rings (SSSR count). The molecule has 1 unspecified atom stereocenters. The van der Waals surface area contributed by atoms with Gasteiger partial charge in [0.05, 0.1) is 0 Å². The van der Waals surface area contributed by atoms with Gasteiger partial charge in [-0.25, -0.2) is 0 Å². The van der Waals surface area contributed by atoms with Crippen LogP contribution in [0.1, 0.15) is 45.4 Å². The molecule has 0 aliphatic heterocycles. The average Bonchev–Trinajstić information content (AvgIpc) is 2.26. The Kier molecular flexibility index (Phi) is 4.85. The van der Waals surface area contributed by atoms with Crippen LogP contribution in [0.15, 0.2) is 0 Å². The monoisotopic (exact) mass is 196 g/mol. The summed E-state index contributed by atoms with van der Waals surface area (Å²) in [6.45, 7) is 1.98. The molecule has 0 radical (unpaired) electrons. The van der Waals surface area contributed by atoms with Crippen LogP contribution in [0.5, 0.6) is 0 Å². The SMILES string of the molecule is CC(C=O)CCC1CCC(C=O)CC1. The Morgan fingerprint density at radius 2 is 1.86 bits per heavy atom. The van der Waals surface area contributed by atoms with Crippen LogP contribution in [-0.2, 0) is 9.59 Å². The number of carbonyl (C=O) groups excluding carboxylic acids is 2. The lowest BCUT2D eigenvalue weighted by Gasteiger charge is -2.25. The maximum atomic E-state index is 10.5. The van der Waals surface area contributed by atoms with E-state index in [9.17, 15) is 9.59 Å². The summed E-state index contributed by atoms with van der Waals surface area (Å²) in [5.74, 6) is 1.28. The Balaban J connectivity index is 2.15. The number of rotatable bonds is 5. The van der Waals surface area contributed by atoms with Gasteiger partial charge >= 0.3 is 0 Å². The molecule has 1 atom stereocenters. The molecule has 14 heavy (non-hydrogen) atoms. The van der Waals surface area contributed by atoms with Crippen LogP contribution in [0.3, 0.4) is 0 Å². The van der Waals surface area contributed by atoms with Crippen LogP contribution in [0.25, 0.3) is 0 Å². The number of carbonyl (C=O) groups is 2. The van der Waals surface area contributed by atoms with Gasteiger partial charge in [-0.3, -0.25) is 0 Å². The second-order valence-electron chi connectivity index (χ2n) is 4.61. The summed E-state index contributed by atoms with van der Waals surface area (Å²) in [7, 11) is 0. The van der Waals surface area contributed by atoms with E-state index in [4.69, 9.17) is 0 Å². The first-order valence-corrected chi connectivity index (χ1v) is 5.66. The van der Waals surface area contributed by atoms with Crippen LogP contribution in [-0.4, -0.2) is 12.6 Å². The van der Waals surface area contributed by atoms with Gasteiger partial charge in [-0.1, -0.05) is 6.92 Å². The maximum Gasteiger partial charge on any atom is 0.123 e. The predicted molar refractivity (Wildman–Crippen MR) is 56.0 cm³/mol. The molecule has 1 saturated carbocycles. The van der Waals surface area contributed by atoms with Crippen LogP contribution < -0.4 is 0 Å². The van der Waals surface area contributed by atoms with Crippen molar-refractivity contribution in [3.05, 3.63) is 0 Å². The van der Waals surface area contributed by atoms with Gasteiger partial charge in [-0.15, -0.1) is 0 Å². The third-order valence-electron chi connectivity index (χ3n) is 3.35. The lowest BCUT2D eigenvalue weighted by Crippen LogP contribution is -2.16. The van der Waals surface area contributed by atoms with E-state index in [0.29, 0.717) is 5.92 Å². The van der Waals surface area contributed by atoms with Crippen LogP contribution in [0.2, 0.25) is 0 Å². The van der Waals surface area contributed by atoms with Crippen molar-refractivity contribution in [2.45, 2.75) is 45.4 Å². The van der Waals surface area contributed by atoms with E-state index in [1.165, 1.54) is 12.8 Å². The normalized spacial score (nSPS) is 29.5. The molecule has 0 heterocycles. The van der Waals surface area contributed by atoms with E-state index in [2.05, 4.69) is 0 Å². The fourth-order valence-electron chi connectivity index (χ4n) is 2.18. The summed E-state index contributed by atoms with van der Waals surface area (Å²) < 4.78 is 0. The zero-order valence-electron chi connectivity index (χ0n) is 8.95. The topological polar surface area (TPSA) is 34.1 Å². The summed E-state index contributed by atoms with van der Waals surface area (Å²) >= 11 is 0. The summed E-state index contributed by atoms with van der Waals surface area (Å²) in [6.07, 6.45) is 8.78. The Bertz CT molecular complexity index is 181. The van der Waals surface area contributed by atoms with Crippen molar-refractivity contribution in [2.75, 3.05) is 0 Å². The summed E-state index contributed by atoms with van der Waals surface area (Å²) in [5, 5.41) is 0. The molecule has 0 N–H and O–H groups in total. The third-order valence-corrected chi connectivity index (χ3v) is 3.35. The number of hydrogen-bond acceptors (Lipinski definition) is 2. The van der Waals surface area contributed by atoms with E-state index >= 15 is 0 Å². The molecule has 0 bridgehead atoms. The fourth-order valence-corrected chi connectivity index (χ4v) is 2.18. The molecule has 1 aliphatic carbocycles. The van der Waals surface area contributed by atoms with E-state index in [1.807, 2.05) is 6.92 Å². The minimum atomic E-state index is 0.207. The number of aldehydes is 2. The molecular weight excluding hydrogens is 176 g/mol. The van der Waals surface area contributed by atoms with E-state index < -0.39 is 0 Å². The van der Waals surface area contributed by atoms with Gasteiger partial charge in [0.15, 0.2) is 0 Å². The molecule has 0 saturated heterocycles.